The van der Waals surface area contributed by atoms with Gasteiger partial charge in [-0.05, 0) is 6.92 Å². The maximum atomic E-state index is 10.9. The number of rotatable bonds is 2. The summed E-state index contributed by atoms with van der Waals surface area (Å²) in [6, 6.07) is -0.0534. The number of nitrogens with zero attached hydrogens (tertiary/aromatic N) is 1. The van der Waals surface area contributed by atoms with E-state index in [1.54, 1.807) is 20.2 Å². The van der Waals surface area contributed by atoms with Crippen molar-refractivity contribution in [3.8, 4) is 0 Å². The van der Waals surface area contributed by atoms with Crippen LogP contribution in [0.25, 0.3) is 0 Å². The lowest BCUT2D eigenvalue weighted by Gasteiger charge is -2.14. The summed E-state index contributed by atoms with van der Waals surface area (Å²) in [5.74, 6) is 0. The van der Waals surface area contributed by atoms with Crippen LogP contribution in [0, 0.1) is 0 Å². The van der Waals surface area contributed by atoms with E-state index in [1.807, 2.05) is 6.92 Å². The lowest BCUT2D eigenvalue weighted by atomic mass is 10.3. The Hall–Kier alpha value is -0.990. The summed E-state index contributed by atoms with van der Waals surface area (Å²) in [6.07, 6.45) is 1.68. The average Bonchev–Trinajstić information content (AvgIpc) is 1.87. The fourth-order valence-electron chi connectivity index (χ4n) is 0.383. The number of hydrogen-bond donors (Lipinski definition) is 1. The summed E-state index contributed by atoms with van der Waals surface area (Å²) in [7, 11) is 3.40. The van der Waals surface area contributed by atoms with Crippen LogP contribution in [0.1, 0.15) is 6.92 Å². The van der Waals surface area contributed by atoms with Gasteiger partial charge in [0, 0.05) is 20.1 Å². The third-order valence-corrected chi connectivity index (χ3v) is 1.11. The van der Waals surface area contributed by atoms with E-state index >= 15 is 0 Å². The van der Waals surface area contributed by atoms with Crippen molar-refractivity contribution in [1.82, 2.24) is 10.2 Å². The zero-order chi connectivity index (χ0) is 8.15. The van der Waals surface area contributed by atoms with E-state index in [4.69, 9.17) is 0 Å². The monoisotopic (exact) mass is 142 g/mol. The molecule has 0 aliphatic heterocycles. The van der Waals surface area contributed by atoms with E-state index in [9.17, 15) is 4.79 Å². The average molecular weight is 142 g/mol. The zero-order valence-corrected chi connectivity index (χ0v) is 6.72. The Morgan fingerprint density at radius 2 is 2.20 bits per heavy atom. The van der Waals surface area contributed by atoms with Crippen molar-refractivity contribution >= 4 is 6.03 Å². The highest BCUT2D eigenvalue weighted by Gasteiger charge is 2.03. The first-order chi connectivity index (χ1) is 4.57. The predicted molar refractivity (Wildman–Crippen MR) is 41.9 cm³/mol. The molecule has 0 aromatic heterocycles. The molecule has 1 N–H and O–H groups in total. The van der Waals surface area contributed by atoms with E-state index in [0.717, 1.165) is 0 Å². The molecule has 0 rings (SSSR count). The largest absolute Gasteiger partial charge is 0.332 e. The van der Waals surface area contributed by atoms with Gasteiger partial charge in [-0.3, -0.25) is 0 Å². The van der Waals surface area contributed by atoms with Crippen LogP contribution in [0.4, 0.5) is 4.79 Å². The molecule has 1 unspecified atom stereocenters. The molecule has 10 heavy (non-hydrogen) atoms. The second-order valence-electron chi connectivity index (χ2n) is 2.37. The van der Waals surface area contributed by atoms with Gasteiger partial charge in [-0.1, -0.05) is 6.08 Å². The van der Waals surface area contributed by atoms with Crippen LogP contribution in [-0.2, 0) is 0 Å². The number of urea groups is 1. The van der Waals surface area contributed by atoms with E-state index in [0.29, 0.717) is 0 Å². The highest BCUT2D eigenvalue weighted by molar-refractivity contribution is 5.73. The van der Waals surface area contributed by atoms with Gasteiger partial charge in [-0.2, -0.15) is 0 Å². The van der Waals surface area contributed by atoms with Crippen LogP contribution < -0.4 is 5.32 Å². The minimum atomic E-state index is -0.0904. The van der Waals surface area contributed by atoms with E-state index in [-0.39, 0.29) is 12.1 Å². The molecule has 0 radical (unpaired) electrons. The van der Waals surface area contributed by atoms with Gasteiger partial charge >= 0.3 is 6.03 Å². The predicted octanol–water partition coefficient (Wildman–Crippen LogP) is 0.832. The van der Waals surface area contributed by atoms with E-state index < -0.39 is 0 Å². The quantitative estimate of drug-likeness (QED) is 0.569. The highest BCUT2D eigenvalue weighted by Crippen LogP contribution is 1.84. The molecule has 0 aliphatic rings. The van der Waals surface area contributed by atoms with Crippen LogP contribution >= 0.6 is 0 Å². The van der Waals surface area contributed by atoms with Crippen molar-refractivity contribution in [2.24, 2.45) is 0 Å². The maximum Gasteiger partial charge on any atom is 0.317 e. The lowest BCUT2D eigenvalue weighted by molar-refractivity contribution is 0.216. The first-order valence-corrected chi connectivity index (χ1v) is 3.18. The number of nitrogens with one attached hydrogen (secondary N) is 1. The molecule has 58 valence electrons. The molecule has 0 bridgehead atoms. The normalized spacial score (nSPS) is 11.9. The standard InChI is InChI=1S/C7H14N2O/c1-5-6(2)8-7(10)9(3)4/h5-6H,1H2,2-4H3,(H,8,10). The maximum absolute atomic E-state index is 10.9. The molecular weight excluding hydrogens is 128 g/mol. The van der Waals surface area contributed by atoms with Gasteiger partial charge in [0.1, 0.15) is 0 Å². The van der Waals surface area contributed by atoms with Crippen LogP contribution in [0.5, 0.6) is 0 Å². The Labute approximate surface area is 61.7 Å². The topological polar surface area (TPSA) is 32.3 Å². The second kappa shape index (κ2) is 3.93. The van der Waals surface area contributed by atoms with E-state index in [2.05, 4.69) is 11.9 Å². The van der Waals surface area contributed by atoms with Crippen molar-refractivity contribution in [3.63, 3.8) is 0 Å². The fraction of sp³-hybridized carbons (Fsp3) is 0.571. The second-order valence-corrected chi connectivity index (χ2v) is 2.37. The van der Waals surface area contributed by atoms with Crippen LogP contribution in [-0.4, -0.2) is 31.1 Å². The SMILES string of the molecule is C=CC(C)NC(=O)N(C)C. The van der Waals surface area contributed by atoms with Gasteiger partial charge in [0.25, 0.3) is 0 Å². The first kappa shape index (κ1) is 9.01. The summed E-state index contributed by atoms with van der Waals surface area (Å²) >= 11 is 0. The van der Waals surface area contributed by atoms with Crippen molar-refractivity contribution < 1.29 is 4.79 Å². The molecule has 0 fully saturated rings. The molecular formula is C7H14N2O. The van der Waals surface area contributed by atoms with Gasteiger partial charge in [0.05, 0.1) is 0 Å². The van der Waals surface area contributed by atoms with Crippen LogP contribution in [0.15, 0.2) is 12.7 Å². The molecule has 3 nitrogen and oxygen atoms in total. The lowest BCUT2D eigenvalue weighted by Crippen LogP contribution is -2.38. The molecule has 0 heterocycles. The molecule has 2 amide bonds. The summed E-state index contributed by atoms with van der Waals surface area (Å²) in [5, 5.41) is 2.70. The Bertz CT molecular complexity index is 132. The Balaban J connectivity index is 3.68. The van der Waals surface area contributed by atoms with Crippen LogP contribution in [0.2, 0.25) is 0 Å². The number of amides is 2. The Morgan fingerprint density at radius 1 is 1.70 bits per heavy atom. The molecule has 0 saturated heterocycles. The number of hydrogen-bond acceptors (Lipinski definition) is 1. The number of carbonyl (C=O) groups is 1. The van der Waals surface area contributed by atoms with E-state index in [1.165, 1.54) is 4.90 Å². The molecule has 0 aliphatic carbocycles. The number of carbonyl (C=O) groups excluding carboxylic acids is 1. The summed E-state index contributed by atoms with van der Waals surface area (Å²) < 4.78 is 0. The third kappa shape index (κ3) is 3.12. The van der Waals surface area contributed by atoms with Gasteiger partial charge in [-0.25, -0.2) is 4.79 Å². The van der Waals surface area contributed by atoms with Crippen molar-refractivity contribution in [2.75, 3.05) is 14.1 Å². The summed E-state index contributed by atoms with van der Waals surface area (Å²) in [4.78, 5) is 12.4. The van der Waals surface area contributed by atoms with Gasteiger partial charge < -0.3 is 10.2 Å². The molecule has 3 heteroatoms. The molecule has 0 spiro atoms. The zero-order valence-electron chi connectivity index (χ0n) is 6.72. The summed E-state index contributed by atoms with van der Waals surface area (Å²) in [6.45, 7) is 5.41. The smallest absolute Gasteiger partial charge is 0.317 e. The van der Waals surface area contributed by atoms with Gasteiger partial charge in [0.15, 0.2) is 0 Å². The third-order valence-electron chi connectivity index (χ3n) is 1.11. The Morgan fingerprint density at radius 3 is 2.50 bits per heavy atom. The summed E-state index contributed by atoms with van der Waals surface area (Å²) in [5.41, 5.74) is 0. The minimum Gasteiger partial charge on any atom is -0.332 e. The highest BCUT2D eigenvalue weighted by atomic mass is 16.2. The molecule has 0 aromatic carbocycles. The van der Waals surface area contributed by atoms with Crippen molar-refractivity contribution in [3.05, 3.63) is 12.7 Å². The molecule has 0 saturated carbocycles. The van der Waals surface area contributed by atoms with Gasteiger partial charge in [-0.15, -0.1) is 6.58 Å². The van der Waals surface area contributed by atoms with Gasteiger partial charge in [0.2, 0.25) is 0 Å². The first-order valence-electron chi connectivity index (χ1n) is 3.18. The fourth-order valence-corrected chi connectivity index (χ4v) is 0.383. The molecule has 1 atom stereocenters. The molecule has 0 aromatic rings. The minimum absolute atomic E-state index is 0.0369. The Kier molecular flexibility index (Phi) is 3.54. The van der Waals surface area contributed by atoms with Crippen molar-refractivity contribution in [1.29, 1.82) is 0 Å². The van der Waals surface area contributed by atoms with Crippen molar-refractivity contribution in [2.45, 2.75) is 13.0 Å². The van der Waals surface area contributed by atoms with Crippen LogP contribution in [0.3, 0.4) is 0 Å².